The number of nitrogens with one attached hydrogen (secondary N) is 1. The number of hydrogen-bond donors (Lipinski definition) is 1. The van der Waals surface area contributed by atoms with Crippen LogP contribution in [0.25, 0.3) is 5.57 Å². The number of methoxy groups -OCH3 is 2. The number of ether oxygens (including phenoxy) is 2. The van der Waals surface area contributed by atoms with Crippen molar-refractivity contribution in [2.24, 2.45) is 0 Å². The number of nitriles is 1. The van der Waals surface area contributed by atoms with Crippen LogP contribution in [0.2, 0.25) is 5.02 Å². The molecule has 8 nitrogen and oxygen atoms in total. The highest BCUT2D eigenvalue weighted by atomic mass is 35.5. The summed E-state index contributed by atoms with van der Waals surface area (Å²) in [6.45, 7) is 1.20. The van der Waals surface area contributed by atoms with Crippen molar-refractivity contribution < 1.29 is 14.3 Å². The standard InChI is InChI=1S/C20H20ClN5O3/c1-28-16-9-18(23-11-15(16)21)25-19(27)8-13-7-17(29-2)20(24-10-13)14-3-5-26(12-22)6-4-14/h3,7,9-11H,4-6,8H2,1-2H3,(H,23,25,27). The molecule has 0 fully saturated rings. The van der Waals surface area contributed by atoms with E-state index in [1.165, 1.54) is 13.3 Å². The summed E-state index contributed by atoms with van der Waals surface area (Å²) in [5, 5.41) is 12.0. The van der Waals surface area contributed by atoms with Crippen molar-refractivity contribution >= 4 is 28.9 Å². The van der Waals surface area contributed by atoms with Crippen LogP contribution >= 0.6 is 11.6 Å². The predicted molar refractivity (Wildman–Crippen MR) is 109 cm³/mol. The SMILES string of the molecule is COc1cc(NC(=O)Cc2cnc(C3=CCN(C#N)CC3)c(OC)c2)ncc1Cl. The number of halogens is 1. The highest BCUT2D eigenvalue weighted by Gasteiger charge is 2.17. The maximum absolute atomic E-state index is 12.4. The average molecular weight is 414 g/mol. The highest BCUT2D eigenvalue weighted by molar-refractivity contribution is 6.32. The first kappa shape index (κ1) is 20.4. The van der Waals surface area contributed by atoms with Gasteiger partial charge in [0.1, 0.15) is 28.0 Å². The third-order valence-electron chi connectivity index (χ3n) is 4.46. The van der Waals surface area contributed by atoms with Crippen molar-refractivity contribution in [1.82, 2.24) is 14.9 Å². The molecule has 1 aliphatic heterocycles. The molecule has 2 aromatic heterocycles. The van der Waals surface area contributed by atoms with E-state index >= 15 is 0 Å². The van der Waals surface area contributed by atoms with Crippen molar-refractivity contribution in [2.45, 2.75) is 12.8 Å². The average Bonchev–Trinajstić information content (AvgIpc) is 2.75. The van der Waals surface area contributed by atoms with Crippen LogP contribution in [0.3, 0.4) is 0 Å². The van der Waals surface area contributed by atoms with Gasteiger partial charge in [-0.2, -0.15) is 5.26 Å². The number of rotatable bonds is 6. The van der Waals surface area contributed by atoms with E-state index in [1.807, 2.05) is 6.08 Å². The van der Waals surface area contributed by atoms with E-state index in [4.69, 9.17) is 26.3 Å². The number of aromatic nitrogens is 2. The van der Waals surface area contributed by atoms with Crippen LogP contribution in [0.4, 0.5) is 5.82 Å². The number of hydrogen-bond acceptors (Lipinski definition) is 7. The van der Waals surface area contributed by atoms with Gasteiger partial charge in [0.05, 0.1) is 26.8 Å². The summed E-state index contributed by atoms with van der Waals surface area (Å²) in [5.41, 5.74) is 2.47. The van der Waals surface area contributed by atoms with E-state index in [9.17, 15) is 4.79 Å². The number of amides is 1. The molecule has 0 saturated carbocycles. The van der Waals surface area contributed by atoms with Gasteiger partial charge in [0.2, 0.25) is 5.91 Å². The van der Waals surface area contributed by atoms with E-state index in [0.29, 0.717) is 47.4 Å². The van der Waals surface area contributed by atoms with Gasteiger partial charge in [-0.3, -0.25) is 9.78 Å². The summed E-state index contributed by atoms with van der Waals surface area (Å²) in [4.78, 5) is 22.6. The Bertz CT molecular complexity index is 987. The predicted octanol–water partition coefficient (Wildman–Crippen LogP) is 2.90. The van der Waals surface area contributed by atoms with Crippen LogP contribution < -0.4 is 14.8 Å². The molecule has 0 aliphatic carbocycles. The number of pyridine rings is 2. The fraction of sp³-hybridized carbons (Fsp3) is 0.300. The fourth-order valence-electron chi connectivity index (χ4n) is 2.97. The molecule has 9 heteroatoms. The zero-order valence-electron chi connectivity index (χ0n) is 16.1. The van der Waals surface area contributed by atoms with Crippen molar-refractivity contribution in [3.63, 3.8) is 0 Å². The maximum Gasteiger partial charge on any atom is 0.230 e. The van der Waals surface area contributed by atoms with Gasteiger partial charge in [0.15, 0.2) is 6.19 Å². The molecule has 150 valence electrons. The molecule has 0 unspecified atom stereocenters. The quantitative estimate of drug-likeness (QED) is 0.726. The Hall–Kier alpha value is -3.31. The van der Waals surface area contributed by atoms with Crippen molar-refractivity contribution in [2.75, 3.05) is 32.6 Å². The maximum atomic E-state index is 12.4. The molecule has 29 heavy (non-hydrogen) atoms. The topological polar surface area (TPSA) is 100 Å². The van der Waals surface area contributed by atoms with Crippen LogP contribution in [-0.4, -0.2) is 48.1 Å². The molecule has 0 saturated heterocycles. The van der Waals surface area contributed by atoms with Gasteiger partial charge in [0.25, 0.3) is 0 Å². The van der Waals surface area contributed by atoms with Gasteiger partial charge < -0.3 is 19.7 Å². The summed E-state index contributed by atoms with van der Waals surface area (Å²) < 4.78 is 10.6. The Morgan fingerprint density at radius 3 is 2.72 bits per heavy atom. The number of carbonyl (C=O) groups is 1. The van der Waals surface area contributed by atoms with Crippen molar-refractivity contribution in [1.29, 1.82) is 5.26 Å². The number of nitrogens with zero attached hydrogens (tertiary/aromatic N) is 4. The lowest BCUT2D eigenvalue weighted by atomic mass is 10.0. The number of carbonyl (C=O) groups excluding carboxylic acids is 1. The first-order chi connectivity index (χ1) is 14.0. The zero-order valence-corrected chi connectivity index (χ0v) is 16.9. The first-order valence-electron chi connectivity index (χ1n) is 8.90. The Morgan fingerprint density at radius 2 is 2.07 bits per heavy atom. The molecular formula is C20H20ClN5O3. The molecule has 0 spiro atoms. The Balaban J connectivity index is 1.71. The van der Waals surface area contributed by atoms with Gasteiger partial charge in [-0.25, -0.2) is 4.98 Å². The normalized spacial score (nSPS) is 13.3. The summed E-state index contributed by atoms with van der Waals surface area (Å²) in [7, 11) is 3.06. The zero-order chi connectivity index (χ0) is 20.8. The molecule has 3 heterocycles. The fourth-order valence-corrected chi connectivity index (χ4v) is 3.15. The minimum absolute atomic E-state index is 0.109. The molecule has 1 aliphatic rings. The second kappa shape index (κ2) is 9.26. The molecule has 0 bridgehead atoms. The lowest BCUT2D eigenvalue weighted by molar-refractivity contribution is -0.115. The van der Waals surface area contributed by atoms with Crippen LogP contribution in [0.5, 0.6) is 11.5 Å². The molecule has 0 atom stereocenters. The minimum atomic E-state index is -0.250. The number of anilines is 1. The molecular weight excluding hydrogens is 394 g/mol. The molecule has 1 N–H and O–H groups in total. The van der Waals surface area contributed by atoms with Crippen molar-refractivity contribution in [3.8, 4) is 17.7 Å². The highest BCUT2D eigenvalue weighted by Crippen LogP contribution is 2.29. The van der Waals surface area contributed by atoms with Crippen LogP contribution in [-0.2, 0) is 11.2 Å². The van der Waals surface area contributed by atoms with Gasteiger partial charge in [-0.1, -0.05) is 17.7 Å². The molecule has 0 radical (unpaired) electrons. The second-order valence-corrected chi connectivity index (χ2v) is 6.76. The molecule has 1 amide bonds. The lowest BCUT2D eigenvalue weighted by Gasteiger charge is -2.21. The lowest BCUT2D eigenvalue weighted by Crippen LogP contribution is -2.23. The third kappa shape index (κ3) is 4.95. The largest absolute Gasteiger partial charge is 0.495 e. The second-order valence-electron chi connectivity index (χ2n) is 6.35. The van der Waals surface area contributed by atoms with Gasteiger partial charge in [-0.05, 0) is 23.6 Å². The summed E-state index contributed by atoms with van der Waals surface area (Å²) in [5.74, 6) is 1.13. The minimum Gasteiger partial charge on any atom is -0.495 e. The van der Waals surface area contributed by atoms with Gasteiger partial charge >= 0.3 is 0 Å². The van der Waals surface area contributed by atoms with Gasteiger partial charge in [-0.15, -0.1) is 0 Å². The third-order valence-corrected chi connectivity index (χ3v) is 4.74. The Morgan fingerprint density at radius 1 is 1.28 bits per heavy atom. The molecule has 3 rings (SSSR count). The van der Waals surface area contributed by atoms with Crippen molar-refractivity contribution in [3.05, 3.63) is 46.9 Å². The monoisotopic (exact) mass is 413 g/mol. The van der Waals surface area contributed by atoms with Gasteiger partial charge in [0, 0.05) is 25.4 Å². The molecule has 2 aromatic rings. The summed E-state index contributed by atoms with van der Waals surface area (Å²) in [6, 6.07) is 3.36. The van der Waals surface area contributed by atoms with E-state index in [2.05, 4.69) is 21.5 Å². The van der Waals surface area contributed by atoms with E-state index in [1.54, 1.807) is 30.3 Å². The summed E-state index contributed by atoms with van der Waals surface area (Å²) in [6.07, 6.45) is 8.01. The summed E-state index contributed by atoms with van der Waals surface area (Å²) >= 11 is 5.95. The molecule has 0 aromatic carbocycles. The Labute approximate surface area is 173 Å². The first-order valence-corrected chi connectivity index (χ1v) is 9.28. The van der Waals surface area contributed by atoms with Crippen LogP contribution in [0.15, 0.2) is 30.6 Å². The van der Waals surface area contributed by atoms with Crippen LogP contribution in [0.1, 0.15) is 17.7 Å². The smallest absolute Gasteiger partial charge is 0.230 e. The van der Waals surface area contributed by atoms with E-state index in [-0.39, 0.29) is 12.3 Å². The van der Waals surface area contributed by atoms with E-state index in [0.717, 1.165) is 11.3 Å². The van der Waals surface area contributed by atoms with Crippen LogP contribution in [0, 0.1) is 11.5 Å². The Kier molecular flexibility index (Phi) is 6.52. The van der Waals surface area contributed by atoms with E-state index < -0.39 is 0 Å².